The van der Waals surface area contributed by atoms with E-state index in [1.54, 1.807) is 6.92 Å². The van der Waals surface area contributed by atoms with Crippen molar-refractivity contribution in [1.29, 1.82) is 0 Å². The van der Waals surface area contributed by atoms with Crippen LogP contribution < -0.4 is 0 Å². The van der Waals surface area contributed by atoms with Gasteiger partial charge in [0.05, 0.1) is 19.3 Å². The van der Waals surface area contributed by atoms with Gasteiger partial charge in [-0.1, -0.05) is 46.3 Å². The van der Waals surface area contributed by atoms with Crippen LogP contribution in [0.5, 0.6) is 0 Å². The Bertz CT molecular complexity index is 1350. The molecule has 0 radical (unpaired) electrons. The summed E-state index contributed by atoms with van der Waals surface area (Å²) in [5.41, 5.74) is -0.760. The van der Waals surface area contributed by atoms with Gasteiger partial charge in [0.1, 0.15) is 36.1 Å². The second-order valence-electron chi connectivity index (χ2n) is 18.0. The molecule has 10 nitrogen and oxygen atoms in total. The Kier molecular flexibility index (Phi) is 5.77. The van der Waals surface area contributed by atoms with Crippen LogP contribution in [0.3, 0.4) is 0 Å². The van der Waals surface area contributed by atoms with Gasteiger partial charge in [0.2, 0.25) is 11.6 Å². The summed E-state index contributed by atoms with van der Waals surface area (Å²) < 4.78 is 32.0. The van der Waals surface area contributed by atoms with Crippen molar-refractivity contribution in [3.8, 4) is 0 Å². The van der Waals surface area contributed by atoms with E-state index in [0.717, 1.165) is 38.5 Å². The summed E-state index contributed by atoms with van der Waals surface area (Å²) in [7, 11) is 0. The van der Waals surface area contributed by atoms with Crippen molar-refractivity contribution in [2.45, 2.75) is 147 Å². The van der Waals surface area contributed by atoms with Crippen LogP contribution in [-0.4, -0.2) is 98.8 Å². The number of allylic oxidation sites excluding steroid dienone is 1. The van der Waals surface area contributed by atoms with Crippen molar-refractivity contribution in [1.82, 2.24) is 0 Å². The number of rotatable bonds is 2. The Hall–Kier alpha value is -0.660. The van der Waals surface area contributed by atoms with Gasteiger partial charge in [0, 0.05) is 17.8 Å². The molecule has 8 fully saturated rings. The van der Waals surface area contributed by atoms with E-state index in [1.165, 1.54) is 5.57 Å². The topological polar surface area (TPSA) is 147 Å². The van der Waals surface area contributed by atoms with Gasteiger partial charge in [0.15, 0.2) is 6.29 Å². The van der Waals surface area contributed by atoms with Crippen LogP contribution in [0.2, 0.25) is 0 Å². The van der Waals surface area contributed by atoms with E-state index in [0.29, 0.717) is 12.3 Å². The molecular weight excluding hydrogens is 580 g/mol. The lowest BCUT2D eigenvalue weighted by molar-refractivity contribution is -0.341. The van der Waals surface area contributed by atoms with Crippen molar-refractivity contribution in [3.05, 3.63) is 11.6 Å². The molecule has 4 heterocycles. The zero-order valence-corrected chi connectivity index (χ0v) is 27.5. The van der Waals surface area contributed by atoms with E-state index in [1.807, 2.05) is 0 Å². The maximum atomic E-state index is 12.7. The summed E-state index contributed by atoms with van der Waals surface area (Å²) >= 11 is 0. The summed E-state index contributed by atoms with van der Waals surface area (Å²) in [6.07, 6.45) is 2.46. The Morgan fingerprint density at radius 1 is 0.978 bits per heavy atom. The van der Waals surface area contributed by atoms with Crippen LogP contribution in [0.4, 0.5) is 0 Å². The molecule has 252 valence electrons. The third-order valence-corrected chi connectivity index (χ3v) is 15.8. The largest absolute Gasteiger partial charge is 0.388 e. The van der Waals surface area contributed by atoms with Crippen LogP contribution in [0.25, 0.3) is 0 Å². The van der Waals surface area contributed by atoms with Crippen LogP contribution in [0, 0.1) is 44.8 Å². The summed E-state index contributed by atoms with van der Waals surface area (Å²) in [6, 6.07) is 0. The lowest BCUT2D eigenvalue weighted by Gasteiger charge is -2.60. The average molecular weight is 633 g/mol. The molecule has 4 saturated carbocycles. The lowest BCUT2D eigenvalue weighted by Crippen LogP contribution is -2.58. The molecule has 2 bridgehead atoms. The van der Waals surface area contributed by atoms with Crippen molar-refractivity contribution in [2.75, 3.05) is 13.2 Å². The molecule has 5 N–H and O–H groups in total. The summed E-state index contributed by atoms with van der Waals surface area (Å²) in [4.78, 5) is 0. The Morgan fingerprint density at radius 2 is 1.73 bits per heavy atom. The molecule has 9 rings (SSSR count). The van der Waals surface area contributed by atoms with E-state index in [4.69, 9.17) is 23.7 Å². The van der Waals surface area contributed by atoms with Gasteiger partial charge in [-0.05, 0) is 78.9 Å². The molecule has 17 atom stereocenters. The monoisotopic (exact) mass is 632 g/mol. The molecule has 10 heteroatoms. The first-order valence-electron chi connectivity index (χ1n) is 17.4. The third kappa shape index (κ3) is 3.15. The van der Waals surface area contributed by atoms with Gasteiger partial charge in [-0.15, -0.1) is 0 Å². The molecule has 4 spiro atoms. The molecule has 45 heavy (non-hydrogen) atoms. The van der Waals surface area contributed by atoms with E-state index >= 15 is 0 Å². The maximum absolute atomic E-state index is 12.7. The lowest BCUT2D eigenvalue weighted by atomic mass is 9.44. The van der Waals surface area contributed by atoms with Gasteiger partial charge < -0.3 is 49.2 Å². The predicted octanol–water partition coefficient (Wildman–Crippen LogP) is 2.38. The predicted molar refractivity (Wildman–Crippen MR) is 158 cm³/mol. The van der Waals surface area contributed by atoms with Crippen molar-refractivity contribution in [3.63, 3.8) is 0 Å². The minimum atomic E-state index is -1.30. The second-order valence-corrected chi connectivity index (χ2v) is 18.0. The molecule has 5 aliphatic carbocycles. The maximum Gasteiger partial charge on any atom is 0.202 e. The van der Waals surface area contributed by atoms with Crippen LogP contribution in [0.15, 0.2) is 11.6 Å². The summed E-state index contributed by atoms with van der Waals surface area (Å²) in [5, 5.41) is 54.8. The SMILES string of the molecule is C[C@@H]1C[C@]23OCC(C)(O)[C@H]2O[C@@]2(O3)[C@H]1[C@@]1(C)CC[C@@]34C[C@@]35CC[C@H](O[C@@H]3OC[C@@H](O)[C@H](O)[C@H]3O)C(C)(C)[C@@H]5CC=C4[C@]1(C)[C@H]2O. The summed E-state index contributed by atoms with van der Waals surface area (Å²) in [5.74, 6) is -1.77. The molecule has 0 aromatic rings. The molecule has 4 saturated heterocycles. The number of aliphatic hydroxyl groups excluding tert-OH is 4. The number of hydrogen-bond acceptors (Lipinski definition) is 10. The smallest absolute Gasteiger partial charge is 0.202 e. The minimum absolute atomic E-state index is 0.00389. The number of fused-ring (bicyclic) bond motifs is 3. The summed E-state index contributed by atoms with van der Waals surface area (Å²) in [6.45, 7) is 13.3. The van der Waals surface area contributed by atoms with Gasteiger partial charge in [-0.3, -0.25) is 0 Å². The first-order chi connectivity index (χ1) is 21.0. The normalized spacial score (nSPS) is 65.1. The number of hydrogen-bond donors (Lipinski definition) is 5. The van der Waals surface area contributed by atoms with Gasteiger partial charge in [0.25, 0.3) is 0 Å². The highest BCUT2D eigenvalue weighted by molar-refractivity contribution is 5.48. The zero-order chi connectivity index (χ0) is 32.0. The van der Waals surface area contributed by atoms with Crippen LogP contribution >= 0.6 is 0 Å². The molecule has 0 aromatic carbocycles. The van der Waals surface area contributed by atoms with E-state index in [9.17, 15) is 25.5 Å². The highest BCUT2D eigenvalue weighted by Gasteiger charge is 2.89. The number of aliphatic hydroxyl groups is 5. The van der Waals surface area contributed by atoms with Gasteiger partial charge >= 0.3 is 0 Å². The quantitative estimate of drug-likeness (QED) is 0.288. The van der Waals surface area contributed by atoms with Crippen LogP contribution in [0.1, 0.15) is 86.5 Å². The zero-order valence-electron chi connectivity index (χ0n) is 27.5. The van der Waals surface area contributed by atoms with Crippen molar-refractivity contribution in [2.24, 2.45) is 44.8 Å². The van der Waals surface area contributed by atoms with E-state index in [-0.39, 0.29) is 52.8 Å². The Morgan fingerprint density at radius 3 is 2.49 bits per heavy atom. The molecule has 0 aromatic heterocycles. The van der Waals surface area contributed by atoms with Crippen LogP contribution in [-0.2, 0) is 23.7 Å². The molecular formula is C35H52O10. The number of ether oxygens (including phenoxy) is 5. The Balaban J connectivity index is 1.06. The third-order valence-electron chi connectivity index (χ3n) is 15.8. The molecule has 1 unspecified atom stereocenters. The fourth-order valence-electron chi connectivity index (χ4n) is 13.7. The van der Waals surface area contributed by atoms with Crippen molar-refractivity contribution < 1.29 is 49.2 Å². The highest BCUT2D eigenvalue weighted by atomic mass is 16.9. The fraction of sp³-hybridized carbons (Fsp3) is 0.943. The fourth-order valence-corrected chi connectivity index (χ4v) is 13.7. The van der Waals surface area contributed by atoms with E-state index in [2.05, 4.69) is 40.7 Å². The second kappa shape index (κ2) is 8.55. The van der Waals surface area contributed by atoms with Gasteiger partial charge in [-0.2, -0.15) is 0 Å². The average Bonchev–Trinajstić information content (AvgIpc) is 3.42. The molecule has 0 amide bonds. The van der Waals surface area contributed by atoms with Crippen molar-refractivity contribution >= 4 is 0 Å². The Labute approximate surface area is 265 Å². The van der Waals surface area contributed by atoms with E-state index < -0.39 is 59.4 Å². The first kappa shape index (κ1) is 30.4. The first-order valence-corrected chi connectivity index (χ1v) is 17.4. The highest BCUT2D eigenvalue weighted by Crippen LogP contribution is 2.89. The standard InChI is InChI=1S/C35H52O10/c1-17-13-34-27(30(5,40)16-42-34)44-35(45-34)24(17)29(4)11-12-33-15-32(33)10-9-21(43-25-23(38)22(37)18(36)14-41-25)28(2,3)19(32)7-8-20(33)31(29,6)26(35)39/h8,17-19,21-27,36-40H,7,9-16H2,1-6H3/t17-,18-,19+,21+,22+,23-,24-,25+,26-,27-,29-,30?,31-,32-,33+,34-,35-/m1/s1. The molecule has 9 aliphatic rings. The minimum Gasteiger partial charge on any atom is -0.388 e. The molecule has 4 aliphatic heterocycles. The van der Waals surface area contributed by atoms with Gasteiger partial charge in [-0.25, -0.2) is 0 Å².